The summed E-state index contributed by atoms with van der Waals surface area (Å²) in [5.74, 6) is -1.21. The van der Waals surface area contributed by atoms with Crippen LogP contribution in [0.2, 0.25) is 0 Å². The average Bonchev–Trinajstić information content (AvgIpc) is 3.09. The number of carbonyl (C=O) groups is 3. The number of para-hydroxylation sites is 1. The van der Waals surface area contributed by atoms with Gasteiger partial charge < -0.3 is 15.0 Å². The molecule has 2 atom stereocenters. The number of esters is 1. The largest absolute Gasteiger partial charge is 0.463 e. The van der Waals surface area contributed by atoms with Gasteiger partial charge in [-0.1, -0.05) is 42.5 Å². The summed E-state index contributed by atoms with van der Waals surface area (Å²) in [5, 5.41) is 2.96. The highest BCUT2D eigenvalue weighted by atomic mass is 79.9. The summed E-state index contributed by atoms with van der Waals surface area (Å²) >= 11 is 3.46. The number of hydrogen-bond donors (Lipinski definition) is 1. The summed E-state index contributed by atoms with van der Waals surface area (Å²) in [4.78, 5) is 39.4. The predicted molar refractivity (Wildman–Crippen MR) is 118 cm³/mol. The first kappa shape index (κ1) is 22.0. The Kier molecular flexibility index (Phi) is 7.26. The van der Waals surface area contributed by atoms with Gasteiger partial charge >= 0.3 is 5.97 Å². The molecule has 0 saturated carbocycles. The van der Waals surface area contributed by atoms with Crippen molar-refractivity contribution < 1.29 is 19.1 Å². The molecule has 1 N–H and O–H groups in total. The van der Waals surface area contributed by atoms with Crippen molar-refractivity contribution in [2.45, 2.75) is 38.8 Å². The molecule has 2 unspecified atom stereocenters. The number of benzene rings is 2. The van der Waals surface area contributed by atoms with Gasteiger partial charge in [0.05, 0.1) is 30.2 Å². The highest BCUT2D eigenvalue weighted by molar-refractivity contribution is 9.10. The highest BCUT2D eigenvalue weighted by Gasteiger charge is 2.36. The van der Waals surface area contributed by atoms with Crippen LogP contribution in [0.3, 0.4) is 0 Å². The minimum Gasteiger partial charge on any atom is -0.463 e. The van der Waals surface area contributed by atoms with Gasteiger partial charge in [-0.2, -0.15) is 0 Å². The van der Waals surface area contributed by atoms with Gasteiger partial charge in [0.1, 0.15) is 0 Å². The van der Waals surface area contributed by atoms with Gasteiger partial charge in [-0.25, -0.2) is 0 Å². The lowest BCUT2D eigenvalue weighted by Gasteiger charge is -2.22. The molecule has 158 valence electrons. The molecule has 3 rings (SSSR count). The maximum Gasteiger partial charge on any atom is 0.308 e. The third kappa shape index (κ3) is 5.48. The molecule has 1 aliphatic rings. The zero-order valence-electron chi connectivity index (χ0n) is 17.0. The summed E-state index contributed by atoms with van der Waals surface area (Å²) < 4.78 is 6.06. The van der Waals surface area contributed by atoms with Crippen LogP contribution in [0.25, 0.3) is 0 Å². The number of carbonyl (C=O) groups excluding carboxylic acids is 3. The molecule has 0 spiro atoms. The maximum atomic E-state index is 13.0. The summed E-state index contributed by atoms with van der Waals surface area (Å²) in [6.45, 7) is 3.87. The van der Waals surface area contributed by atoms with Crippen LogP contribution in [0, 0.1) is 5.92 Å². The second-order valence-corrected chi connectivity index (χ2v) is 8.43. The lowest BCUT2D eigenvalue weighted by atomic mass is 10.0. The Balaban J connectivity index is 1.72. The van der Waals surface area contributed by atoms with Gasteiger partial charge in [0.25, 0.3) is 0 Å². The fourth-order valence-corrected chi connectivity index (χ4v) is 3.99. The molecule has 2 aromatic carbocycles. The molecule has 0 aliphatic carbocycles. The summed E-state index contributed by atoms with van der Waals surface area (Å²) in [6, 6.07) is 16.2. The Labute approximate surface area is 184 Å². The topological polar surface area (TPSA) is 75.7 Å². The summed E-state index contributed by atoms with van der Waals surface area (Å²) in [7, 11) is 0. The molecule has 0 bridgehead atoms. The first-order valence-electron chi connectivity index (χ1n) is 9.95. The number of amides is 2. The van der Waals surface area contributed by atoms with Crippen LogP contribution in [0.15, 0.2) is 59.1 Å². The van der Waals surface area contributed by atoms with Gasteiger partial charge in [0.15, 0.2) is 0 Å². The van der Waals surface area contributed by atoms with Crippen LogP contribution in [-0.2, 0) is 19.1 Å². The van der Waals surface area contributed by atoms with Gasteiger partial charge in [0.2, 0.25) is 11.8 Å². The van der Waals surface area contributed by atoms with E-state index in [0.717, 1.165) is 15.7 Å². The lowest BCUT2D eigenvalue weighted by Crippen LogP contribution is -2.36. The third-order valence-corrected chi connectivity index (χ3v) is 5.57. The number of halogens is 1. The van der Waals surface area contributed by atoms with Crippen LogP contribution >= 0.6 is 15.9 Å². The van der Waals surface area contributed by atoms with E-state index in [9.17, 15) is 14.4 Å². The smallest absolute Gasteiger partial charge is 0.308 e. The molecule has 2 amide bonds. The number of nitrogens with zero attached hydrogens (tertiary/aromatic N) is 1. The van der Waals surface area contributed by atoms with E-state index in [4.69, 9.17) is 4.74 Å². The summed E-state index contributed by atoms with van der Waals surface area (Å²) in [6.07, 6.45) is -0.0665. The van der Waals surface area contributed by atoms with Crippen molar-refractivity contribution in [3.05, 3.63) is 64.6 Å². The van der Waals surface area contributed by atoms with Gasteiger partial charge in [-0.05, 0) is 47.5 Å². The Bertz CT molecular complexity index is 916. The molecule has 1 saturated heterocycles. The minimum atomic E-state index is -0.516. The minimum absolute atomic E-state index is 0.0303. The van der Waals surface area contributed by atoms with Gasteiger partial charge in [0, 0.05) is 17.4 Å². The van der Waals surface area contributed by atoms with Crippen molar-refractivity contribution in [1.82, 2.24) is 5.32 Å². The number of ether oxygens (including phenoxy) is 1. The van der Waals surface area contributed by atoms with E-state index in [1.54, 1.807) is 18.7 Å². The van der Waals surface area contributed by atoms with E-state index in [1.807, 2.05) is 54.6 Å². The fraction of sp³-hybridized carbons (Fsp3) is 0.348. The first-order valence-corrected chi connectivity index (χ1v) is 10.7. The Morgan fingerprint density at radius 1 is 1.13 bits per heavy atom. The van der Waals surface area contributed by atoms with E-state index < -0.39 is 12.0 Å². The van der Waals surface area contributed by atoms with E-state index in [-0.39, 0.29) is 36.7 Å². The molecule has 2 aromatic rings. The quantitative estimate of drug-likeness (QED) is 0.617. The van der Waals surface area contributed by atoms with E-state index in [0.29, 0.717) is 6.54 Å². The Hall–Kier alpha value is -2.67. The third-order valence-electron chi connectivity index (χ3n) is 4.90. The maximum absolute atomic E-state index is 13.0. The average molecular weight is 473 g/mol. The van der Waals surface area contributed by atoms with E-state index in [2.05, 4.69) is 21.2 Å². The number of rotatable bonds is 7. The van der Waals surface area contributed by atoms with Gasteiger partial charge in [-0.3, -0.25) is 14.4 Å². The second-order valence-electron chi connectivity index (χ2n) is 7.57. The molecule has 6 nitrogen and oxygen atoms in total. The van der Waals surface area contributed by atoms with Crippen molar-refractivity contribution >= 4 is 39.4 Å². The Morgan fingerprint density at radius 2 is 1.80 bits per heavy atom. The molecule has 0 aromatic heterocycles. The zero-order valence-corrected chi connectivity index (χ0v) is 18.6. The van der Waals surface area contributed by atoms with Crippen LogP contribution in [0.4, 0.5) is 5.69 Å². The molecule has 30 heavy (non-hydrogen) atoms. The number of hydrogen-bond acceptors (Lipinski definition) is 4. The van der Waals surface area contributed by atoms with Crippen LogP contribution < -0.4 is 10.2 Å². The normalized spacial score (nSPS) is 17.1. The molecular weight excluding hydrogens is 448 g/mol. The van der Waals surface area contributed by atoms with Crippen LogP contribution in [0.1, 0.15) is 38.3 Å². The molecule has 1 fully saturated rings. The predicted octanol–water partition coefficient (Wildman–Crippen LogP) is 4.00. The van der Waals surface area contributed by atoms with Crippen molar-refractivity contribution in [3.63, 3.8) is 0 Å². The van der Waals surface area contributed by atoms with E-state index in [1.165, 1.54) is 0 Å². The van der Waals surface area contributed by atoms with Crippen molar-refractivity contribution in [2.24, 2.45) is 5.92 Å². The van der Waals surface area contributed by atoms with Crippen molar-refractivity contribution in [3.8, 4) is 0 Å². The van der Waals surface area contributed by atoms with Crippen molar-refractivity contribution in [1.29, 1.82) is 0 Å². The molecule has 1 heterocycles. The second kappa shape index (κ2) is 9.89. The number of anilines is 1. The zero-order chi connectivity index (χ0) is 21.7. The SMILES string of the molecule is CC(C)OC(=O)CC(NC(=O)C1CC(=O)N(c2ccccc2Br)C1)c1ccccc1. The fourth-order valence-electron chi connectivity index (χ4n) is 3.49. The molecule has 1 aliphatic heterocycles. The lowest BCUT2D eigenvalue weighted by molar-refractivity contribution is -0.148. The van der Waals surface area contributed by atoms with Gasteiger partial charge in [-0.15, -0.1) is 0 Å². The molecule has 0 radical (unpaired) electrons. The highest BCUT2D eigenvalue weighted by Crippen LogP contribution is 2.31. The Morgan fingerprint density at radius 3 is 2.47 bits per heavy atom. The van der Waals surface area contributed by atoms with Crippen molar-refractivity contribution in [2.75, 3.05) is 11.4 Å². The standard InChI is InChI=1S/C23H25BrN2O4/c1-15(2)30-22(28)13-19(16-8-4-3-5-9-16)25-23(29)17-12-21(27)26(14-17)20-11-7-6-10-18(20)24/h3-11,15,17,19H,12-14H2,1-2H3,(H,25,29). The number of nitrogens with one attached hydrogen (secondary N) is 1. The monoisotopic (exact) mass is 472 g/mol. The van der Waals surface area contributed by atoms with Crippen LogP contribution in [-0.4, -0.2) is 30.4 Å². The molecule has 7 heteroatoms. The first-order chi connectivity index (χ1) is 14.3. The van der Waals surface area contributed by atoms with E-state index >= 15 is 0 Å². The molecular formula is C23H25BrN2O4. The summed E-state index contributed by atoms with van der Waals surface area (Å²) in [5.41, 5.74) is 1.57. The van der Waals surface area contributed by atoms with Crippen LogP contribution in [0.5, 0.6) is 0 Å².